The molecule has 0 bridgehead atoms. The van der Waals surface area contributed by atoms with Crippen LogP contribution in [0.15, 0.2) is 6.33 Å². The highest BCUT2D eigenvalue weighted by atomic mass is 16.1. The van der Waals surface area contributed by atoms with Gasteiger partial charge >= 0.3 is 0 Å². The number of hydrogen-bond donors (Lipinski definition) is 2. The molecule has 6 heteroatoms. The van der Waals surface area contributed by atoms with Gasteiger partial charge in [-0.15, -0.1) is 10.2 Å². The van der Waals surface area contributed by atoms with Crippen molar-refractivity contribution in [3.05, 3.63) is 12.2 Å². The maximum Gasteiger partial charge on any atom is 0.222 e. The van der Waals surface area contributed by atoms with Crippen LogP contribution < -0.4 is 10.6 Å². The van der Waals surface area contributed by atoms with E-state index in [9.17, 15) is 4.79 Å². The molecule has 6 nitrogen and oxygen atoms in total. The number of carbonyl (C=O) groups excluding carboxylic acids is 1. The van der Waals surface area contributed by atoms with Gasteiger partial charge in [0.25, 0.3) is 0 Å². The molecule has 1 amide bonds. The molecule has 1 aliphatic carbocycles. The quantitative estimate of drug-likeness (QED) is 0.852. The first-order chi connectivity index (χ1) is 9.56. The second-order valence-electron chi connectivity index (χ2n) is 5.86. The summed E-state index contributed by atoms with van der Waals surface area (Å²) in [6, 6.07) is -0.118. The van der Waals surface area contributed by atoms with Gasteiger partial charge < -0.3 is 15.2 Å². The summed E-state index contributed by atoms with van der Waals surface area (Å²) >= 11 is 0. The molecule has 1 atom stereocenters. The fraction of sp³-hybridized carbons (Fsp3) is 0.786. The Kier molecular flexibility index (Phi) is 4.75. The van der Waals surface area contributed by atoms with E-state index >= 15 is 0 Å². The molecule has 0 aromatic carbocycles. The summed E-state index contributed by atoms with van der Waals surface area (Å²) < 4.78 is 1.83. The van der Waals surface area contributed by atoms with Crippen molar-refractivity contribution in [1.82, 2.24) is 25.4 Å². The third-order valence-corrected chi connectivity index (χ3v) is 4.35. The standard InChI is InChI=1S/C14H25N5O/c1-11(13-18-16-10-19(13)3)17-12(20)9-14(15-2)7-5-4-6-8-14/h10-11,15H,4-9H2,1-3H3,(H,17,20). The first kappa shape index (κ1) is 15.0. The van der Waals surface area contributed by atoms with Crippen LogP contribution >= 0.6 is 0 Å². The molecular formula is C14H25N5O. The molecule has 1 fully saturated rings. The third-order valence-electron chi connectivity index (χ3n) is 4.35. The van der Waals surface area contributed by atoms with E-state index in [0.717, 1.165) is 18.7 Å². The minimum atomic E-state index is -0.118. The van der Waals surface area contributed by atoms with Crippen LogP contribution in [0, 0.1) is 0 Å². The number of aromatic nitrogens is 3. The molecule has 2 rings (SSSR count). The van der Waals surface area contributed by atoms with Gasteiger partial charge in [-0.25, -0.2) is 0 Å². The second-order valence-corrected chi connectivity index (χ2v) is 5.86. The van der Waals surface area contributed by atoms with Gasteiger partial charge in [0.1, 0.15) is 6.33 Å². The average molecular weight is 279 g/mol. The Hall–Kier alpha value is -1.43. The molecule has 1 unspecified atom stereocenters. The van der Waals surface area contributed by atoms with E-state index in [0.29, 0.717) is 6.42 Å². The highest BCUT2D eigenvalue weighted by Crippen LogP contribution is 2.30. The number of nitrogens with one attached hydrogen (secondary N) is 2. The van der Waals surface area contributed by atoms with Crippen LogP contribution in [0.5, 0.6) is 0 Å². The van der Waals surface area contributed by atoms with E-state index in [1.54, 1.807) is 6.33 Å². The normalized spacial score (nSPS) is 19.6. The van der Waals surface area contributed by atoms with Gasteiger partial charge in [-0.05, 0) is 26.8 Å². The molecule has 0 aliphatic heterocycles. The van der Waals surface area contributed by atoms with Crippen molar-refractivity contribution in [3.63, 3.8) is 0 Å². The number of nitrogens with zero attached hydrogens (tertiary/aromatic N) is 3. The molecule has 0 radical (unpaired) electrons. The third kappa shape index (κ3) is 3.36. The van der Waals surface area contributed by atoms with Gasteiger partial charge in [0.15, 0.2) is 5.82 Å². The van der Waals surface area contributed by atoms with Crippen LogP contribution in [0.25, 0.3) is 0 Å². The Labute approximate surface area is 120 Å². The van der Waals surface area contributed by atoms with Crippen molar-refractivity contribution < 1.29 is 4.79 Å². The molecule has 1 aliphatic rings. The van der Waals surface area contributed by atoms with Gasteiger partial charge in [0.05, 0.1) is 6.04 Å². The number of hydrogen-bond acceptors (Lipinski definition) is 4. The summed E-state index contributed by atoms with van der Waals surface area (Å²) in [5.41, 5.74) is -0.0259. The van der Waals surface area contributed by atoms with Gasteiger partial charge in [0, 0.05) is 19.0 Å². The highest BCUT2D eigenvalue weighted by Gasteiger charge is 2.33. The van der Waals surface area contributed by atoms with E-state index in [4.69, 9.17) is 0 Å². The average Bonchev–Trinajstić information content (AvgIpc) is 2.86. The van der Waals surface area contributed by atoms with Crippen molar-refractivity contribution in [2.45, 2.75) is 57.0 Å². The predicted octanol–water partition coefficient (Wildman–Crippen LogP) is 1.30. The summed E-state index contributed by atoms with van der Waals surface area (Å²) in [6.45, 7) is 1.94. The maximum atomic E-state index is 12.3. The van der Waals surface area contributed by atoms with E-state index in [1.165, 1.54) is 19.3 Å². The zero-order chi connectivity index (χ0) is 14.6. The summed E-state index contributed by atoms with van der Waals surface area (Å²) in [6.07, 6.45) is 8.02. The molecule has 1 heterocycles. The molecule has 1 saturated carbocycles. The zero-order valence-corrected chi connectivity index (χ0v) is 12.6. The lowest BCUT2D eigenvalue weighted by Gasteiger charge is -2.36. The molecule has 1 aromatic heterocycles. The lowest BCUT2D eigenvalue weighted by atomic mass is 9.79. The van der Waals surface area contributed by atoms with Gasteiger partial charge in [-0.1, -0.05) is 19.3 Å². The lowest BCUT2D eigenvalue weighted by molar-refractivity contribution is -0.123. The Bertz CT molecular complexity index is 450. The second kappa shape index (κ2) is 6.35. The maximum absolute atomic E-state index is 12.3. The Morgan fingerprint density at radius 2 is 2.15 bits per heavy atom. The Morgan fingerprint density at radius 1 is 1.45 bits per heavy atom. The van der Waals surface area contributed by atoms with Crippen LogP contribution in [0.4, 0.5) is 0 Å². The number of rotatable bonds is 5. The summed E-state index contributed by atoms with van der Waals surface area (Å²) in [5.74, 6) is 0.859. The topological polar surface area (TPSA) is 71.8 Å². The minimum absolute atomic E-state index is 0.0259. The monoisotopic (exact) mass is 279 g/mol. The molecule has 2 N–H and O–H groups in total. The van der Waals surface area contributed by atoms with Crippen LogP contribution in [0.1, 0.15) is 57.3 Å². The summed E-state index contributed by atoms with van der Waals surface area (Å²) in [5, 5.41) is 14.3. The van der Waals surface area contributed by atoms with Gasteiger partial charge in [-0.3, -0.25) is 4.79 Å². The zero-order valence-electron chi connectivity index (χ0n) is 12.6. The molecule has 20 heavy (non-hydrogen) atoms. The van der Waals surface area contributed by atoms with E-state index < -0.39 is 0 Å². The van der Waals surface area contributed by atoms with E-state index in [-0.39, 0.29) is 17.5 Å². The largest absolute Gasteiger partial charge is 0.346 e. The molecule has 1 aromatic rings. The number of carbonyl (C=O) groups is 1. The van der Waals surface area contributed by atoms with Crippen LogP contribution in [0.3, 0.4) is 0 Å². The van der Waals surface area contributed by atoms with Gasteiger partial charge in [-0.2, -0.15) is 0 Å². The first-order valence-corrected chi connectivity index (χ1v) is 7.38. The number of amides is 1. The number of aryl methyl sites for hydroxylation is 1. The Morgan fingerprint density at radius 3 is 2.70 bits per heavy atom. The minimum Gasteiger partial charge on any atom is -0.346 e. The Balaban J connectivity index is 1.93. The van der Waals surface area contributed by atoms with Crippen LogP contribution in [0.2, 0.25) is 0 Å². The molecule has 0 spiro atoms. The van der Waals surface area contributed by atoms with Crippen LogP contribution in [-0.4, -0.2) is 33.3 Å². The van der Waals surface area contributed by atoms with Gasteiger partial charge in [0.2, 0.25) is 5.91 Å². The smallest absolute Gasteiger partial charge is 0.222 e. The van der Waals surface area contributed by atoms with Crippen molar-refractivity contribution in [1.29, 1.82) is 0 Å². The van der Waals surface area contributed by atoms with Crippen LogP contribution in [-0.2, 0) is 11.8 Å². The summed E-state index contributed by atoms with van der Waals surface area (Å²) in [7, 11) is 3.85. The fourth-order valence-corrected chi connectivity index (χ4v) is 3.09. The molecular weight excluding hydrogens is 254 g/mol. The lowest BCUT2D eigenvalue weighted by Crippen LogP contribution is -2.48. The van der Waals surface area contributed by atoms with E-state index in [2.05, 4.69) is 20.8 Å². The van der Waals surface area contributed by atoms with Crippen molar-refractivity contribution in [3.8, 4) is 0 Å². The SMILES string of the molecule is CNC1(CC(=O)NC(C)c2nncn2C)CCCCC1. The molecule has 112 valence electrons. The summed E-state index contributed by atoms with van der Waals surface area (Å²) in [4.78, 5) is 12.3. The molecule has 0 saturated heterocycles. The highest BCUT2D eigenvalue weighted by molar-refractivity contribution is 5.77. The van der Waals surface area contributed by atoms with E-state index in [1.807, 2.05) is 25.6 Å². The predicted molar refractivity (Wildman–Crippen MR) is 77.1 cm³/mol. The van der Waals surface area contributed by atoms with Crippen molar-refractivity contribution in [2.24, 2.45) is 7.05 Å². The first-order valence-electron chi connectivity index (χ1n) is 7.38. The van der Waals surface area contributed by atoms with Crippen molar-refractivity contribution in [2.75, 3.05) is 7.05 Å². The fourth-order valence-electron chi connectivity index (χ4n) is 3.09. The van der Waals surface area contributed by atoms with Crippen molar-refractivity contribution >= 4 is 5.91 Å².